The first kappa shape index (κ1) is 26.7. The van der Waals surface area contributed by atoms with Crippen molar-refractivity contribution in [2.75, 3.05) is 25.2 Å². The molecule has 41 heavy (non-hydrogen) atoms. The molecule has 0 spiro atoms. The molecule has 1 unspecified atom stereocenters. The van der Waals surface area contributed by atoms with Crippen LogP contribution in [0.25, 0.3) is 16.7 Å². The van der Waals surface area contributed by atoms with Crippen LogP contribution in [0.5, 0.6) is 11.5 Å². The lowest BCUT2D eigenvalue weighted by Gasteiger charge is -2.29. The molecule has 3 aromatic carbocycles. The lowest BCUT2D eigenvalue weighted by atomic mass is 9.97. The largest absolute Gasteiger partial charge is 0.493 e. The zero-order chi connectivity index (χ0) is 29.1. The molecule has 4 aromatic rings. The summed E-state index contributed by atoms with van der Waals surface area (Å²) in [6, 6.07) is 14.5. The lowest BCUT2D eigenvalue weighted by Crippen LogP contribution is -2.44. The van der Waals surface area contributed by atoms with Gasteiger partial charge in [0.1, 0.15) is 23.9 Å². The number of hydrogen-bond donors (Lipinski definition) is 0. The minimum atomic E-state index is -5.14. The van der Waals surface area contributed by atoms with Gasteiger partial charge in [-0.1, -0.05) is 24.3 Å². The van der Waals surface area contributed by atoms with Crippen LogP contribution in [0.4, 0.5) is 18.9 Å². The summed E-state index contributed by atoms with van der Waals surface area (Å²) in [7, 11) is 1.28. The average Bonchev–Trinajstić information content (AvgIpc) is 3.63. The molecule has 0 radical (unpaired) electrons. The van der Waals surface area contributed by atoms with E-state index in [4.69, 9.17) is 14.2 Å². The number of halogens is 3. The molecule has 1 aromatic heterocycles. The topological polar surface area (TPSA) is 82.9 Å². The number of esters is 1. The number of amides is 1. The maximum atomic E-state index is 14.0. The van der Waals surface area contributed by atoms with Gasteiger partial charge in [0.25, 0.3) is 0 Å². The van der Waals surface area contributed by atoms with Gasteiger partial charge in [0.15, 0.2) is 0 Å². The van der Waals surface area contributed by atoms with Gasteiger partial charge in [-0.2, -0.15) is 13.2 Å². The molecule has 212 valence electrons. The Kier molecular flexibility index (Phi) is 6.39. The number of aryl methyl sites for hydroxylation is 2. The van der Waals surface area contributed by atoms with Crippen molar-refractivity contribution >= 4 is 28.6 Å². The minimum absolute atomic E-state index is 0.0105. The van der Waals surface area contributed by atoms with Gasteiger partial charge in [-0.25, -0.2) is 4.98 Å². The summed E-state index contributed by atoms with van der Waals surface area (Å²) in [4.78, 5) is 30.1. The summed E-state index contributed by atoms with van der Waals surface area (Å²) >= 11 is 0. The van der Waals surface area contributed by atoms with Gasteiger partial charge in [0, 0.05) is 28.8 Å². The van der Waals surface area contributed by atoms with Crippen molar-refractivity contribution in [2.24, 2.45) is 0 Å². The second kappa shape index (κ2) is 9.83. The monoisotopic (exact) mass is 565 g/mol. The number of carbonyl (C=O) groups excluding carboxylic acids is 2. The predicted octanol–water partition coefficient (Wildman–Crippen LogP) is 5.71. The van der Waals surface area contributed by atoms with E-state index in [1.165, 1.54) is 19.2 Å². The van der Waals surface area contributed by atoms with Gasteiger partial charge >= 0.3 is 18.1 Å². The highest BCUT2D eigenvalue weighted by Crippen LogP contribution is 2.46. The summed E-state index contributed by atoms with van der Waals surface area (Å²) < 4.78 is 60.3. The van der Waals surface area contributed by atoms with E-state index < -0.39 is 24.1 Å². The fraction of sp³-hybridized carbons (Fsp3) is 0.300. The standard InChI is InChI=1S/C30H26F3N3O5/c1-16-7-10-23-22(11-16)34-17(2)35(23)24-6-4-5-21-25(15-41-28(21)24)36(29(38)30(31,32)33)19-8-9-20-18(12-27(37)39-3)14-40-26(20)13-19/h4-11,13,18,25H,12,14-15H2,1-3H3/t18-,25?/m1/s1. The first-order chi connectivity index (χ1) is 19.6. The number of aromatic nitrogens is 2. The number of fused-ring (bicyclic) bond motifs is 3. The Hall–Kier alpha value is -4.54. The Labute approximate surface area is 233 Å². The van der Waals surface area contributed by atoms with E-state index in [1.54, 1.807) is 18.2 Å². The Morgan fingerprint density at radius 1 is 1.05 bits per heavy atom. The number of nitrogens with zero attached hydrogens (tertiary/aromatic N) is 3. The summed E-state index contributed by atoms with van der Waals surface area (Å²) in [5, 5.41) is 0. The highest BCUT2D eigenvalue weighted by atomic mass is 19.4. The van der Waals surface area contributed by atoms with Crippen molar-refractivity contribution in [3.63, 3.8) is 0 Å². The highest BCUT2D eigenvalue weighted by molar-refractivity contribution is 5.98. The van der Waals surface area contributed by atoms with E-state index in [2.05, 4.69) is 4.98 Å². The number of ether oxygens (including phenoxy) is 3. The Morgan fingerprint density at radius 3 is 2.61 bits per heavy atom. The number of benzene rings is 3. The number of methoxy groups -OCH3 is 1. The Balaban J connectivity index is 1.42. The van der Waals surface area contributed by atoms with E-state index in [-0.39, 0.29) is 31.2 Å². The molecule has 8 nitrogen and oxygen atoms in total. The maximum absolute atomic E-state index is 14.0. The third-order valence-corrected chi connectivity index (χ3v) is 7.56. The Bertz CT molecular complexity index is 1700. The molecule has 6 rings (SSSR count). The lowest BCUT2D eigenvalue weighted by molar-refractivity contribution is -0.171. The molecule has 1 amide bonds. The summed E-state index contributed by atoms with van der Waals surface area (Å²) in [5.41, 5.74) is 4.40. The molecule has 0 bridgehead atoms. The van der Waals surface area contributed by atoms with Crippen molar-refractivity contribution in [1.82, 2.24) is 9.55 Å². The zero-order valence-corrected chi connectivity index (χ0v) is 22.5. The second-order valence-electron chi connectivity index (χ2n) is 10.2. The maximum Gasteiger partial charge on any atom is 0.471 e. The van der Waals surface area contributed by atoms with Crippen molar-refractivity contribution < 1.29 is 37.0 Å². The number of carbonyl (C=O) groups is 2. The van der Waals surface area contributed by atoms with Gasteiger partial charge in [0.05, 0.1) is 42.9 Å². The number of alkyl halides is 3. The first-order valence-electron chi connectivity index (χ1n) is 13.0. The number of para-hydroxylation sites is 1. The van der Waals surface area contributed by atoms with Crippen LogP contribution < -0.4 is 14.4 Å². The minimum Gasteiger partial charge on any atom is -0.493 e. The smallest absolute Gasteiger partial charge is 0.471 e. The van der Waals surface area contributed by atoms with Crippen molar-refractivity contribution in [3.05, 3.63) is 77.1 Å². The molecular weight excluding hydrogens is 539 g/mol. The highest BCUT2D eigenvalue weighted by Gasteiger charge is 2.48. The number of anilines is 1. The van der Waals surface area contributed by atoms with Gasteiger partial charge in [-0.3, -0.25) is 19.1 Å². The zero-order valence-electron chi connectivity index (χ0n) is 22.5. The summed E-state index contributed by atoms with van der Waals surface area (Å²) in [5.74, 6) is -1.35. The predicted molar refractivity (Wildman–Crippen MR) is 144 cm³/mol. The van der Waals surface area contributed by atoms with Crippen LogP contribution >= 0.6 is 0 Å². The van der Waals surface area contributed by atoms with Gasteiger partial charge < -0.3 is 14.2 Å². The van der Waals surface area contributed by atoms with Crippen LogP contribution in [-0.2, 0) is 14.3 Å². The van der Waals surface area contributed by atoms with E-state index in [0.29, 0.717) is 34.1 Å². The van der Waals surface area contributed by atoms with Crippen LogP contribution in [0, 0.1) is 13.8 Å². The third kappa shape index (κ3) is 4.55. The molecule has 0 saturated carbocycles. The van der Waals surface area contributed by atoms with E-state index in [0.717, 1.165) is 21.5 Å². The quantitative estimate of drug-likeness (QED) is 0.289. The van der Waals surface area contributed by atoms with Crippen molar-refractivity contribution in [3.8, 4) is 17.2 Å². The van der Waals surface area contributed by atoms with Crippen LogP contribution in [0.3, 0.4) is 0 Å². The van der Waals surface area contributed by atoms with Gasteiger partial charge in [-0.05, 0) is 43.7 Å². The van der Waals surface area contributed by atoms with E-state index in [9.17, 15) is 22.8 Å². The molecule has 0 aliphatic carbocycles. The summed E-state index contributed by atoms with van der Waals surface area (Å²) in [6.45, 7) is 3.81. The molecular formula is C30H26F3N3O5. The first-order valence-corrected chi connectivity index (χ1v) is 13.0. The fourth-order valence-corrected chi connectivity index (χ4v) is 5.66. The molecule has 2 aliphatic heterocycles. The van der Waals surface area contributed by atoms with Crippen LogP contribution in [0.2, 0.25) is 0 Å². The molecule has 2 aliphatic rings. The molecule has 0 N–H and O–H groups in total. The van der Waals surface area contributed by atoms with E-state index >= 15 is 0 Å². The van der Waals surface area contributed by atoms with E-state index in [1.807, 2.05) is 42.7 Å². The van der Waals surface area contributed by atoms with Crippen molar-refractivity contribution in [1.29, 1.82) is 0 Å². The molecule has 0 saturated heterocycles. The van der Waals surface area contributed by atoms with Gasteiger partial charge in [0.2, 0.25) is 0 Å². The number of hydrogen-bond acceptors (Lipinski definition) is 6. The Morgan fingerprint density at radius 2 is 1.85 bits per heavy atom. The molecule has 2 atom stereocenters. The number of rotatable bonds is 5. The number of imidazole rings is 1. The normalized spacial score (nSPS) is 17.5. The van der Waals surface area contributed by atoms with Crippen molar-refractivity contribution in [2.45, 2.75) is 38.4 Å². The fourth-order valence-electron chi connectivity index (χ4n) is 5.66. The van der Waals surface area contributed by atoms with Crippen LogP contribution in [0.15, 0.2) is 54.6 Å². The SMILES string of the molecule is COC(=O)C[C@@H]1COc2cc(N(C(=O)C(F)(F)F)C3COc4c3cccc4-n3c(C)nc4cc(C)ccc43)ccc21. The molecule has 0 fully saturated rings. The molecule has 3 heterocycles. The molecule has 11 heteroatoms. The van der Waals surface area contributed by atoms with Crippen LogP contribution in [0.1, 0.15) is 40.9 Å². The van der Waals surface area contributed by atoms with Gasteiger partial charge in [-0.15, -0.1) is 0 Å². The third-order valence-electron chi connectivity index (χ3n) is 7.56. The second-order valence-corrected chi connectivity index (χ2v) is 10.2. The van der Waals surface area contributed by atoms with Crippen LogP contribution in [-0.4, -0.2) is 47.9 Å². The average molecular weight is 566 g/mol. The summed E-state index contributed by atoms with van der Waals surface area (Å²) in [6.07, 6.45) is -5.06.